The Morgan fingerprint density at radius 3 is 1.54 bits per heavy atom. The molecule has 0 unspecified atom stereocenters. The van der Waals surface area contributed by atoms with E-state index in [1.54, 1.807) is 0 Å². The third-order valence-corrected chi connectivity index (χ3v) is 4.66. The van der Waals surface area contributed by atoms with Gasteiger partial charge < -0.3 is 4.90 Å². The maximum atomic E-state index is 8.53. The molecule has 144 valence electrons. The summed E-state index contributed by atoms with van der Waals surface area (Å²) in [5.41, 5.74) is 0.694. The zero-order chi connectivity index (χ0) is 18.6. The van der Waals surface area contributed by atoms with Crippen molar-refractivity contribution in [2.24, 2.45) is 10.8 Å². The summed E-state index contributed by atoms with van der Waals surface area (Å²) in [6, 6.07) is 0. The van der Waals surface area contributed by atoms with E-state index < -0.39 is 0 Å². The van der Waals surface area contributed by atoms with E-state index in [0.29, 0.717) is 10.8 Å². The molecule has 2 nitrogen and oxygen atoms in total. The fraction of sp³-hybridized carbons (Fsp3) is 0.955. The van der Waals surface area contributed by atoms with E-state index in [1.165, 1.54) is 44.9 Å². The molecular formula is C22H46N2. The highest BCUT2D eigenvalue weighted by Crippen LogP contribution is 2.22. The number of nitrogens with zero attached hydrogens (tertiary/aromatic N) is 1. The molecule has 24 heavy (non-hydrogen) atoms. The lowest BCUT2D eigenvalue weighted by Crippen LogP contribution is -2.35. The summed E-state index contributed by atoms with van der Waals surface area (Å²) in [6.45, 7) is 18.1. The van der Waals surface area contributed by atoms with Crippen LogP contribution in [0.3, 0.4) is 0 Å². The first-order chi connectivity index (χ1) is 11.0. The molecule has 0 aromatic heterocycles. The minimum atomic E-state index is 0.347. The van der Waals surface area contributed by atoms with Gasteiger partial charge >= 0.3 is 0 Å². The van der Waals surface area contributed by atoms with Crippen LogP contribution in [0.25, 0.3) is 0 Å². The summed E-state index contributed by atoms with van der Waals surface area (Å²) >= 11 is 0. The van der Waals surface area contributed by atoms with Crippen LogP contribution in [-0.4, -0.2) is 23.8 Å². The number of nitrogens with one attached hydrogen (secondary N) is 1. The summed E-state index contributed by atoms with van der Waals surface area (Å²) in [6.07, 6.45) is 12.6. The molecule has 0 bridgehead atoms. The van der Waals surface area contributed by atoms with Gasteiger partial charge in [-0.2, -0.15) is 0 Å². The van der Waals surface area contributed by atoms with Crippen molar-refractivity contribution in [3.8, 4) is 0 Å². The lowest BCUT2D eigenvalue weighted by Gasteiger charge is -2.31. The minimum Gasteiger partial charge on any atom is -0.361 e. The molecule has 0 amide bonds. The number of unbranched alkanes of at least 4 members (excludes halogenated alkanes) is 6. The Morgan fingerprint density at radius 2 is 1.12 bits per heavy atom. The Morgan fingerprint density at radius 1 is 0.708 bits per heavy atom. The van der Waals surface area contributed by atoms with Crippen LogP contribution in [0.2, 0.25) is 0 Å². The molecule has 0 rings (SSSR count). The third-order valence-electron chi connectivity index (χ3n) is 4.66. The Balaban J connectivity index is 4.20. The first-order valence-electron chi connectivity index (χ1n) is 10.4. The molecule has 0 radical (unpaired) electrons. The SMILES string of the molecule is CCCCCCCCCC(=N)N(CCC(C)(C)C)CCC(C)(C)C. The fourth-order valence-corrected chi connectivity index (χ4v) is 2.73. The summed E-state index contributed by atoms with van der Waals surface area (Å²) < 4.78 is 0. The number of hydrogen-bond donors (Lipinski definition) is 1. The number of amidine groups is 1. The minimum absolute atomic E-state index is 0.347. The highest BCUT2D eigenvalue weighted by atomic mass is 15.2. The second-order valence-corrected chi connectivity index (χ2v) is 9.93. The maximum Gasteiger partial charge on any atom is 0.0957 e. The van der Waals surface area contributed by atoms with Crippen molar-refractivity contribution >= 4 is 5.84 Å². The topological polar surface area (TPSA) is 27.1 Å². The average molecular weight is 339 g/mol. The van der Waals surface area contributed by atoms with Gasteiger partial charge in [0.05, 0.1) is 5.84 Å². The maximum absolute atomic E-state index is 8.53. The summed E-state index contributed by atoms with van der Waals surface area (Å²) in [5.74, 6) is 0.872. The van der Waals surface area contributed by atoms with Gasteiger partial charge in [-0.25, -0.2) is 0 Å². The van der Waals surface area contributed by atoms with Gasteiger partial charge in [-0.3, -0.25) is 5.41 Å². The van der Waals surface area contributed by atoms with E-state index in [-0.39, 0.29) is 0 Å². The van der Waals surface area contributed by atoms with Crippen LogP contribution in [0.5, 0.6) is 0 Å². The monoisotopic (exact) mass is 338 g/mol. The molecule has 0 saturated carbocycles. The summed E-state index contributed by atoms with van der Waals surface area (Å²) in [4.78, 5) is 2.35. The van der Waals surface area contributed by atoms with Crippen LogP contribution in [-0.2, 0) is 0 Å². The molecule has 0 saturated heterocycles. The highest BCUT2D eigenvalue weighted by molar-refractivity contribution is 5.79. The fourth-order valence-electron chi connectivity index (χ4n) is 2.73. The second kappa shape index (κ2) is 11.9. The van der Waals surface area contributed by atoms with E-state index >= 15 is 0 Å². The van der Waals surface area contributed by atoms with Crippen LogP contribution < -0.4 is 0 Å². The van der Waals surface area contributed by atoms with Gasteiger partial charge in [-0.15, -0.1) is 0 Å². The third kappa shape index (κ3) is 15.0. The molecule has 0 spiro atoms. The Hall–Kier alpha value is -0.530. The average Bonchev–Trinajstić information content (AvgIpc) is 2.43. The predicted molar refractivity (Wildman–Crippen MR) is 110 cm³/mol. The molecule has 0 aromatic carbocycles. The molecule has 0 aromatic rings. The Kier molecular flexibility index (Phi) is 11.7. The molecule has 0 aliphatic carbocycles. The lowest BCUT2D eigenvalue weighted by molar-refractivity contribution is 0.265. The van der Waals surface area contributed by atoms with Crippen molar-refractivity contribution < 1.29 is 0 Å². The molecule has 0 aliphatic heterocycles. The van der Waals surface area contributed by atoms with E-state index in [2.05, 4.69) is 53.4 Å². The smallest absolute Gasteiger partial charge is 0.0957 e. The summed E-state index contributed by atoms with van der Waals surface area (Å²) in [5, 5.41) is 8.53. The zero-order valence-corrected chi connectivity index (χ0v) is 17.9. The van der Waals surface area contributed by atoms with Crippen molar-refractivity contribution in [2.75, 3.05) is 13.1 Å². The quantitative estimate of drug-likeness (QED) is 0.226. The van der Waals surface area contributed by atoms with Crippen LogP contribution in [0.1, 0.15) is 113 Å². The van der Waals surface area contributed by atoms with Crippen molar-refractivity contribution in [1.29, 1.82) is 5.41 Å². The van der Waals surface area contributed by atoms with Crippen LogP contribution in [0, 0.1) is 16.2 Å². The zero-order valence-electron chi connectivity index (χ0n) is 17.9. The first-order valence-corrected chi connectivity index (χ1v) is 10.4. The largest absolute Gasteiger partial charge is 0.361 e. The Bertz CT molecular complexity index is 302. The van der Waals surface area contributed by atoms with Crippen molar-refractivity contribution in [3.63, 3.8) is 0 Å². The molecule has 2 heteroatoms. The van der Waals surface area contributed by atoms with Gasteiger partial charge in [-0.1, -0.05) is 87.0 Å². The standard InChI is InChI=1S/C22H46N2/c1-8-9-10-11-12-13-14-15-20(23)24(18-16-21(2,3)4)19-17-22(5,6)7/h23H,8-19H2,1-7H3. The molecule has 0 aliphatic rings. The normalized spacial score (nSPS) is 12.5. The van der Waals surface area contributed by atoms with Gasteiger partial charge in [0, 0.05) is 19.5 Å². The molecular weight excluding hydrogens is 292 g/mol. The van der Waals surface area contributed by atoms with Crippen LogP contribution in [0.4, 0.5) is 0 Å². The number of hydrogen-bond acceptors (Lipinski definition) is 1. The lowest BCUT2D eigenvalue weighted by atomic mass is 9.90. The van der Waals surface area contributed by atoms with Crippen molar-refractivity contribution in [1.82, 2.24) is 4.90 Å². The van der Waals surface area contributed by atoms with Gasteiger partial charge in [0.2, 0.25) is 0 Å². The molecule has 0 atom stereocenters. The highest BCUT2D eigenvalue weighted by Gasteiger charge is 2.18. The van der Waals surface area contributed by atoms with E-state index in [1.807, 2.05) is 0 Å². The second-order valence-electron chi connectivity index (χ2n) is 9.93. The molecule has 0 fully saturated rings. The molecule has 1 N–H and O–H groups in total. The van der Waals surface area contributed by atoms with Gasteiger partial charge in [0.1, 0.15) is 0 Å². The van der Waals surface area contributed by atoms with E-state index in [9.17, 15) is 0 Å². The van der Waals surface area contributed by atoms with Crippen molar-refractivity contribution in [3.05, 3.63) is 0 Å². The van der Waals surface area contributed by atoms with E-state index in [0.717, 1.165) is 38.2 Å². The van der Waals surface area contributed by atoms with Gasteiger partial charge in [-0.05, 0) is 30.1 Å². The van der Waals surface area contributed by atoms with Gasteiger partial charge in [0.15, 0.2) is 0 Å². The van der Waals surface area contributed by atoms with Crippen molar-refractivity contribution in [2.45, 2.75) is 113 Å². The molecule has 0 heterocycles. The van der Waals surface area contributed by atoms with E-state index in [4.69, 9.17) is 5.41 Å². The van der Waals surface area contributed by atoms with Crippen LogP contribution in [0.15, 0.2) is 0 Å². The first kappa shape index (κ1) is 23.5. The Labute approximate surface area is 153 Å². The predicted octanol–water partition coefficient (Wildman–Crippen LogP) is 7.28. The number of rotatable bonds is 12. The van der Waals surface area contributed by atoms with Crippen LogP contribution >= 0.6 is 0 Å². The summed E-state index contributed by atoms with van der Waals surface area (Å²) in [7, 11) is 0. The van der Waals surface area contributed by atoms with Gasteiger partial charge in [0.25, 0.3) is 0 Å².